The molecule has 0 heterocycles. The average Bonchev–Trinajstić information content (AvgIpc) is 2.16. The zero-order valence-corrected chi connectivity index (χ0v) is 10.7. The predicted molar refractivity (Wildman–Crippen MR) is 66.4 cm³/mol. The standard InChI is InChI=1S/C14H20O2/c1-8(2)12-6-11(7-15)10(5)13(9(3)4)14(12)16/h6-9,16H,1-5H3. The minimum absolute atomic E-state index is 0.219. The van der Waals surface area contributed by atoms with Gasteiger partial charge in [-0.2, -0.15) is 0 Å². The summed E-state index contributed by atoms with van der Waals surface area (Å²) in [6, 6.07) is 1.80. The van der Waals surface area contributed by atoms with Crippen LogP contribution in [-0.2, 0) is 0 Å². The van der Waals surface area contributed by atoms with Crippen molar-refractivity contribution in [1.29, 1.82) is 0 Å². The van der Waals surface area contributed by atoms with Crippen LogP contribution in [0.25, 0.3) is 0 Å². The van der Waals surface area contributed by atoms with E-state index >= 15 is 0 Å². The van der Waals surface area contributed by atoms with E-state index in [2.05, 4.69) is 0 Å². The van der Waals surface area contributed by atoms with Crippen LogP contribution < -0.4 is 0 Å². The fourth-order valence-electron chi connectivity index (χ4n) is 2.10. The first kappa shape index (κ1) is 12.8. The van der Waals surface area contributed by atoms with Gasteiger partial charge in [0.05, 0.1) is 0 Å². The monoisotopic (exact) mass is 220 g/mol. The van der Waals surface area contributed by atoms with Gasteiger partial charge in [-0.1, -0.05) is 27.7 Å². The van der Waals surface area contributed by atoms with Crippen molar-refractivity contribution in [2.75, 3.05) is 0 Å². The highest BCUT2D eigenvalue weighted by molar-refractivity contribution is 5.79. The molecule has 2 nitrogen and oxygen atoms in total. The second-order valence-electron chi connectivity index (χ2n) is 4.87. The van der Waals surface area contributed by atoms with Gasteiger partial charge in [0, 0.05) is 11.1 Å². The smallest absolute Gasteiger partial charge is 0.150 e. The van der Waals surface area contributed by atoms with Gasteiger partial charge in [-0.25, -0.2) is 0 Å². The van der Waals surface area contributed by atoms with Crippen molar-refractivity contribution in [3.05, 3.63) is 28.3 Å². The number of aldehydes is 1. The van der Waals surface area contributed by atoms with Gasteiger partial charge in [0.2, 0.25) is 0 Å². The molecule has 0 aromatic heterocycles. The maximum Gasteiger partial charge on any atom is 0.150 e. The van der Waals surface area contributed by atoms with Crippen LogP contribution in [0.4, 0.5) is 0 Å². The summed E-state index contributed by atoms with van der Waals surface area (Å²) in [6.45, 7) is 9.98. The SMILES string of the molecule is Cc1c(C=O)cc(C(C)C)c(O)c1C(C)C. The summed E-state index contributed by atoms with van der Waals surface area (Å²) in [5.41, 5.74) is 3.34. The van der Waals surface area contributed by atoms with Crippen molar-refractivity contribution in [3.8, 4) is 5.75 Å². The van der Waals surface area contributed by atoms with Crippen LogP contribution in [-0.4, -0.2) is 11.4 Å². The quantitative estimate of drug-likeness (QED) is 0.787. The molecule has 88 valence electrons. The van der Waals surface area contributed by atoms with Gasteiger partial charge < -0.3 is 5.11 Å². The summed E-state index contributed by atoms with van der Waals surface area (Å²) < 4.78 is 0. The Bertz CT molecular complexity index is 404. The van der Waals surface area contributed by atoms with E-state index in [4.69, 9.17) is 0 Å². The van der Waals surface area contributed by atoms with E-state index in [-0.39, 0.29) is 11.8 Å². The van der Waals surface area contributed by atoms with Crippen molar-refractivity contribution in [1.82, 2.24) is 0 Å². The molecule has 0 spiro atoms. The molecule has 0 aliphatic carbocycles. The average molecular weight is 220 g/mol. The van der Waals surface area contributed by atoms with Crippen LogP contribution >= 0.6 is 0 Å². The third kappa shape index (κ3) is 2.11. The molecular weight excluding hydrogens is 200 g/mol. The number of phenolic OH excluding ortho intramolecular Hbond substituents is 1. The molecule has 16 heavy (non-hydrogen) atoms. The van der Waals surface area contributed by atoms with Crippen LogP contribution in [0.1, 0.15) is 66.6 Å². The molecule has 1 N–H and O–H groups in total. The normalized spacial score (nSPS) is 11.2. The van der Waals surface area contributed by atoms with Crippen LogP contribution in [0.5, 0.6) is 5.75 Å². The molecule has 1 rings (SSSR count). The number of hydrogen-bond donors (Lipinski definition) is 1. The maximum absolute atomic E-state index is 11.0. The number of carbonyl (C=O) groups excluding carboxylic acids is 1. The minimum Gasteiger partial charge on any atom is -0.507 e. The van der Waals surface area contributed by atoms with Gasteiger partial charge in [-0.3, -0.25) is 4.79 Å². The number of carbonyl (C=O) groups is 1. The fraction of sp³-hybridized carbons (Fsp3) is 0.500. The first-order valence-corrected chi connectivity index (χ1v) is 5.71. The van der Waals surface area contributed by atoms with Crippen LogP contribution in [0.15, 0.2) is 6.07 Å². The van der Waals surface area contributed by atoms with Crippen molar-refractivity contribution < 1.29 is 9.90 Å². The lowest BCUT2D eigenvalue weighted by molar-refractivity contribution is 0.112. The van der Waals surface area contributed by atoms with E-state index in [9.17, 15) is 9.90 Å². The number of rotatable bonds is 3. The van der Waals surface area contributed by atoms with Gasteiger partial charge >= 0.3 is 0 Å². The zero-order valence-electron chi connectivity index (χ0n) is 10.7. The van der Waals surface area contributed by atoms with Gasteiger partial charge in [-0.15, -0.1) is 0 Å². The van der Waals surface area contributed by atoms with Crippen LogP contribution in [0, 0.1) is 6.92 Å². The molecule has 0 saturated carbocycles. The minimum atomic E-state index is 0.219. The fourth-order valence-corrected chi connectivity index (χ4v) is 2.10. The third-order valence-corrected chi connectivity index (χ3v) is 3.00. The zero-order chi connectivity index (χ0) is 12.5. The van der Waals surface area contributed by atoms with E-state index in [1.807, 2.05) is 34.6 Å². The van der Waals surface area contributed by atoms with Gasteiger partial charge in [-0.05, 0) is 36.0 Å². The van der Waals surface area contributed by atoms with E-state index in [1.54, 1.807) is 6.07 Å². The number of phenols is 1. The topological polar surface area (TPSA) is 37.3 Å². The molecule has 0 amide bonds. The van der Waals surface area contributed by atoms with Crippen molar-refractivity contribution in [2.24, 2.45) is 0 Å². The van der Waals surface area contributed by atoms with E-state index in [0.717, 1.165) is 23.0 Å². The second kappa shape index (κ2) is 4.69. The summed E-state index contributed by atoms with van der Waals surface area (Å²) in [4.78, 5) is 11.0. The Morgan fingerprint density at radius 3 is 2.12 bits per heavy atom. The van der Waals surface area contributed by atoms with Crippen molar-refractivity contribution in [2.45, 2.75) is 46.5 Å². The number of aromatic hydroxyl groups is 1. The molecule has 0 radical (unpaired) electrons. The predicted octanol–water partition coefficient (Wildman–Crippen LogP) is 3.76. The molecule has 1 aromatic carbocycles. The summed E-state index contributed by atoms with van der Waals surface area (Å²) in [7, 11) is 0. The highest BCUT2D eigenvalue weighted by Gasteiger charge is 2.18. The number of hydrogen-bond acceptors (Lipinski definition) is 2. The molecule has 0 bridgehead atoms. The van der Waals surface area contributed by atoms with Gasteiger partial charge in [0.15, 0.2) is 0 Å². The molecular formula is C14H20O2. The Morgan fingerprint density at radius 1 is 1.19 bits per heavy atom. The molecule has 0 saturated heterocycles. The first-order valence-electron chi connectivity index (χ1n) is 5.71. The van der Waals surface area contributed by atoms with E-state index < -0.39 is 0 Å². The maximum atomic E-state index is 11.0. The van der Waals surface area contributed by atoms with Gasteiger partial charge in [0.25, 0.3) is 0 Å². The van der Waals surface area contributed by atoms with Crippen molar-refractivity contribution in [3.63, 3.8) is 0 Å². The molecule has 0 aliphatic rings. The summed E-state index contributed by atoms with van der Waals surface area (Å²) in [5, 5.41) is 10.2. The number of benzene rings is 1. The third-order valence-electron chi connectivity index (χ3n) is 3.00. The van der Waals surface area contributed by atoms with Crippen LogP contribution in [0.3, 0.4) is 0 Å². The lowest BCUT2D eigenvalue weighted by Gasteiger charge is -2.19. The van der Waals surface area contributed by atoms with E-state index in [0.29, 0.717) is 11.3 Å². The Hall–Kier alpha value is -1.31. The summed E-state index contributed by atoms with van der Waals surface area (Å²) >= 11 is 0. The Kier molecular flexibility index (Phi) is 3.74. The van der Waals surface area contributed by atoms with Gasteiger partial charge in [0.1, 0.15) is 12.0 Å². The Balaban J connectivity index is 3.58. The largest absolute Gasteiger partial charge is 0.507 e. The first-order chi connectivity index (χ1) is 7.40. The van der Waals surface area contributed by atoms with Crippen molar-refractivity contribution >= 4 is 6.29 Å². The molecule has 0 atom stereocenters. The summed E-state index contributed by atoms with van der Waals surface area (Å²) in [5.74, 6) is 0.794. The second-order valence-corrected chi connectivity index (χ2v) is 4.87. The lowest BCUT2D eigenvalue weighted by atomic mass is 9.87. The van der Waals surface area contributed by atoms with E-state index in [1.165, 1.54) is 0 Å². The summed E-state index contributed by atoms with van der Waals surface area (Å²) in [6.07, 6.45) is 0.868. The highest BCUT2D eigenvalue weighted by Crippen LogP contribution is 2.37. The molecule has 0 unspecified atom stereocenters. The van der Waals surface area contributed by atoms with Crippen LogP contribution in [0.2, 0.25) is 0 Å². The highest BCUT2D eigenvalue weighted by atomic mass is 16.3. The Labute approximate surface area is 97.3 Å². The molecule has 2 heteroatoms. The lowest BCUT2D eigenvalue weighted by Crippen LogP contribution is -2.02. The molecule has 0 fully saturated rings. The Morgan fingerprint density at radius 2 is 1.75 bits per heavy atom. The molecule has 0 aliphatic heterocycles. The molecule has 1 aromatic rings.